The molecule has 8 heteroatoms. The largest absolute Gasteiger partial charge is 0.491 e. The Labute approximate surface area is 118 Å². The second-order valence-electron chi connectivity index (χ2n) is 4.78. The van der Waals surface area contributed by atoms with Gasteiger partial charge in [0.05, 0.1) is 19.3 Å². The molecule has 0 radical (unpaired) electrons. The van der Waals surface area contributed by atoms with Crippen LogP contribution >= 0.6 is 0 Å². The first-order valence-electron chi connectivity index (χ1n) is 6.14. The van der Waals surface area contributed by atoms with Crippen molar-refractivity contribution in [3.8, 4) is 5.75 Å². The van der Waals surface area contributed by atoms with Crippen LogP contribution in [0.1, 0.15) is 6.42 Å². The van der Waals surface area contributed by atoms with Gasteiger partial charge in [-0.05, 0) is 12.1 Å². The van der Waals surface area contributed by atoms with Crippen LogP contribution in [0, 0.1) is 11.6 Å². The number of benzene rings is 1. The minimum absolute atomic E-state index is 0.00518. The normalized spacial score (nSPS) is 22.7. The zero-order chi connectivity index (χ0) is 15.8. The van der Waals surface area contributed by atoms with Gasteiger partial charge in [-0.2, -0.15) is 17.6 Å². The van der Waals surface area contributed by atoms with Crippen molar-refractivity contribution in [3.05, 3.63) is 23.8 Å². The summed E-state index contributed by atoms with van der Waals surface area (Å²) >= 11 is 0. The van der Waals surface area contributed by atoms with E-state index in [9.17, 15) is 22.0 Å². The third kappa shape index (κ3) is 2.52. The summed E-state index contributed by atoms with van der Waals surface area (Å²) < 4.78 is 75.6. The second kappa shape index (κ2) is 5.32. The molecular weight excluding hydrogens is 297 g/mol. The Morgan fingerprint density at radius 2 is 1.86 bits per heavy atom. The lowest BCUT2D eigenvalue weighted by atomic mass is 10.0. The quantitative estimate of drug-likeness (QED) is 0.801. The molecule has 0 N–H and O–H groups in total. The summed E-state index contributed by atoms with van der Waals surface area (Å²) in [6, 6.07) is 2.05. The van der Waals surface area contributed by atoms with Gasteiger partial charge in [-0.1, -0.05) is 0 Å². The van der Waals surface area contributed by atoms with E-state index in [0.717, 1.165) is 20.3 Å². The van der Waals surface area contributed by atoms with Gasteiger partial charge in [0, 0.05) is 20.1 Å². The van der Waals surface area contributed by atoms with E-state index < -0.39 is 35.7 Å². The summed E-state index contributed by atoms with van der Waals surface area (Å²) in [7, 11) is 2.12. The predicted molar refractivity (Wildman–Crippen MR) is 65.5 cm³/mol. The van der Waals surface area contributed by atoms with Gasteiger partial charge in [-0.25, -0.2) is 4.39 Å². The Morgan fingerprint density at radius 3 is 2.33 bits per heavy atom. The molecule has 0 spiro atoms. The van der Waals surface area contributed by atoms with Crippen molar-refractivity contribution < 1.29 is 31.4 Å². The van der Waals surface area contributed by atoms with E-state index in [2.05, 4.69) is 4.74 Å². The molecule has 0 saturated carbocycles. The summed E-state index contributed by atoms with van der Waals surface area (Å²) in [6.07, 6.45) is -4.85. The van der Waals surface area contributed by atoms with Crippen molar-refractivity contribution >= 4 is 5.69 Å². The Balaban J connectivity index is 2.36. The maximum atomic E-state index is 13.6. The van der Waals surface area contributed by atoms with E-state index in [1.165, 1.54) is 11.0 Å². The number of anilines is 1. The van der Waals surface area contributed by atoms with Crippen molar-refractivity contribution in [1.29, 1.82) is 0 Å². The third-order valence-corrected chi connectivity index (χ3v) is 3.71. The van der Waals surface area contributed by atoms with Crippen molar-refractivity contribution in [2.24, 2.45) is 0 Å². The van der Waals surface area contributed by atoms with Crippen molar-refractivity contribution in [3.63, 3.8) is 0 Å². The first kappa shape index (κ1) is 15.8. The summed E-state index contributed by atoms with van der Waals surface area (Å²) in [5, 5.41) is 0. The van der Waals surface area contributed by atoms with Gasteiger partial charge >= 0.3 is 6.18 Å². The van der Waals surface area contributed by atoms with Crippen LogP contribution in [0.3, 0.4) is 0 Å². The number of rotatable bonds is 3. The fourth-order valence-corrected chi connectivity index (χ4v) is 2.47. The van der Waals surface area contributed by atoms with E-state index in [4.69, 9.17) is 4.74 Å². The topological polar surface area (TPSA) is 21.7 Å². The molecule has 1 unspecified atom stereocenters. The van der Waals surface area contributed by atoms with Gasteiger partial charge in [0.15, 0.2) is 17.2 Å². The summed E-state index contributed by atoms with van der Waals surface area (Å²) in [5.74, 6) is -2.76. The average molecular weight is 311 g/mol. The maximum absolute atomic E-state index is 13.6. The zero-order valence-electron chi connectivity index (χ0n) is 11.4. The molecule has 1 heterocycles. The number of halogens is 5. The van der Waals surface area contributed by atoms with Crippen LogP contribution < -0.4 is 9.64 Å². The Morgan fingerprint density at radius 1 is 1.19 bits per heavy atom. The van der Waals surface area contributed by atoms with Crippen LogP contribution in [0.15, 0.2) is 12.1 Å². The average Bonchev–Trinajstić information content (AvgIpc) is 2.87. The van der Waals surface area contributed by atoms with Crippen LogP contribution in [0.5, 0.6) is 5.75 Å². The molecule has 1 aromatic rings. The van der Waals surface area contributed by atoms with Gasteiger partial charge < -0.3 is 14.4 Å². The van der Waals surface area contributed by atoms with Crippen LogP contribution in [0.25, 0.3) is 0 Å². The van der Waals surface area contributed by atoms with E-state index in [-0.39, 0.29) is 18.7 Å². The van der Waals surface area contributed by atoms with Gasteiger partial charge in [0.2, 0.25) is 5.82 Å². The summed E-state index contributed by atoms with van der Waals surface area (Å²) in [6.45, 7) is -0.511. The highest BCUT2D eigenvalue weighted by Crippen LogP contribution is 2.44. The van der Waals surface area contributed by atoms with Crippen LogP contribution in [-0.4, -0.2) is 39.1 Å². The Bertz CT molecular complexity index is 534. The molecule has 3 nitrogen and oxygen atoms in total. The van der Waals surface area contributed by atoms with Gasteiger partial charge in [-0.3, -0.25) is 0 Å². The second-order valence-corrected chi connectivity index (χ2v) is 4.78. The number of nitrogens with zero attached hydrogens (tertiary/aromatic N) is 1. The molecule has 118 valence electrons. The number of methoxy groups -OCH3 is 2. The molecule has 0 amide bonds. The van der Waals surface area contributed by atoms with Gasteiger partial charge in [-0.15, -0.1) is 0 Å². The van der Waals surface area contributed by atoms with Crippen LogP contribution in [-0.2, 0) is 4.74 Å². The number of hydrogen-bond acceptors (Lipinski definition) is 3. The highest BCUT2D eigenvalue weighted by atomic mass is 19.4. The predicted octanol–water partition coefficient (Wildman–Crippen LogP) is 3.13. The number of alkyl halides is 3. The lowest BCUT2D eigenvalue weighted by molar-refractivity contribution is -0.260. The molecule has 21 heavy (non-hydrogen) atoms. The minimum Gasteiger partial charge on any atom is -0.491 e. The molecule has 0 aromatic heterocycles. The standard InChI is InChI=1S/C13H14F5NO2/c1-20-11-9(4-3-8(14)10(11)15)19-6-5-12(7-19,21-2)13(16,17)18/h3-4H,5-7H2,1-2H3. The fourth-order valence-electron chi connectivity index (χ4n) is 2.47. The number of ether oxygens (including phenoxy) is 2. The first-order chi connectivity index (χ1) is 9.75. The third-order valence-electron chi connectivity index (χ3n) is 3.71. The van der Waals surface area contributed by atoms with Crippen LogP contribution in [0.4, 0.5) is 27.6 Å². The molecule has 2 rings (SSSR count). The van der Waals surface area contributed by atoms with E-state index >= 15 is 0 Å². The van der Waals surface area contributed by atoms with E-state index in [1.807, 2.05) is 0 Å². The SMILES string of the molecule is COc1c(N2CCC(OC)(C(F)(F)F)C2)ccc(F)c1F. The molecule has 1 atom stereocenters. The summed E-state index contributed by atoms with van der Waals surface area (Å²) in [5.41, 5.74) is -2.25. The molecule has 1 aromatic carbocycles. The molecule has 1 aliphatic rings. The van der Waals surface area contributed by atoms with Crippen molar-refractivity contribution in [1.82, 2.24) is 0 Å². The zero-order valence-corrected chi connectivity index (χ0v) is 11.4. The van der Waals surface area contributed by atoms with Crippen LogP contribution in [0.2, 0.25) is 0 Å². The van der Waals surface area contributed by atoms with Crippen molar-refractivity contribution in [2.75, 3.05) is 32.2 Å². The first-order valence-corrected chi connectivity index (χ1v) is 6.14. The highest BCUT2D eigenvalue weighted by molar-refractivity contribution is 5.60. The fraction of sp³-hybridized carbons (Fsp3) is 0.538. The molecule has 1 fully saturated rings. The Kier molecular flexibility index (Phi) is 4.01. The van der Waals surface area contributed by atoms with E-state index in [0.29, 0.717) is 0 Å². The highest BCUT2D eigenvalue weighted by Gasteiger charge is 2.59. The molecule has 0 bridgehead atoms. The minimum atomic E-state index is -4.55. The molecule has 0 aliphatic carbocycles. The lowest BCUT2D eigenvalue weighted by Crippen LogP contribution is -2.49. The summed E-state index contributed by atoms with van der Waals surface area (Å²) in [4.78, 5) is 1.28. The smallest absolute Gasteiger partial charge is 0.419 e. The van der Waals surface area contributed by atoms with Gasteiger partial charge in [0.25, 0.3) is 0 Å². The number of hydrogen-bond donors (Lipinski definition) is 0. The maximum Gasteiger partial charge on any atom is 0.419 e. The monoisotopic (exact) mass is 311 g/mol. The molecule has 1 saturated heterocycles. The lowest BCUT2D eigenvalue weighted by Gasteiger charge is -2.30. The van der Waals surface area contributed by atoms with Gasteiger partial charge in [0.1, 0.15) is 0 Å². The van der Waals surface area contributed by atoms with Crippen molar-refractivity contribution in [2.45, 2.75) is 18.2 Å². The molecule has 1 aliphatic heterocycles. The van der Waals surface area contributed by atoms with E-state index in [1.54, 1.807) is 0 Å². The molecular formula is C13H14F5NO2. The Hall–Kier alpha value is -1.57.